The summed E-state index contributed by atoms with van der Waals surface area (Å²) in [4.78, 5) is 22.6. The van der Waals surface area contributed by atoms with Crippen molar-refractivity contribution in [2.45, 2.75) is 6.54 Å². The highest BCUT2D eigenvalue weighted by atomic mass is 16.2. The number of nitriles is 1. The maximum Gasteiger partial charge on any atom is 0.269 e. The zero-order chi connectivity index (χ0) is 12.0. The van der Waals surface area contributed by atoms with Crippen molar-refractivity contribution in [2.75, 3.05) is 18.9 Å². The van der Waals surface area contributed by atoms with Gasteiger partial charge in [0.15, 0.2) is 0 Å². The number of nitrogens with one attached hydrogen (secondary N) is 2. The molecule has 0 atom stereocenters. The van der Waals surface area contributed by atoms with E-state index in [2.05, 4.69) is 15.7 Å². The van der Waals surface area contributed by atoms with E-state index in [9.17, 15) is 9.59 Å². The number of amides is 1. The van der Waals surface area contributed by atoms with Gasteiger partial charge in [-0.2, -0.15) is 10.4 Å². The number of hydrogen-bond donors (Lipinski definition) is 2. The van der Waals surface area contributed by atoms with Crippen molar-refractivity contribution in [1.82, 2.24) is 15.1 Å². The van der Waals surface area contributed by atoms with Crippen molar-refractivity contribution in [1.29, 1.82) is 5.26 Å². The zero-order valence-corrected chi connectivity index (χ0v) is 8.73. The third-order valence-electron chi connectivity index (χ3n) is 1.82. The molecule has 0 saturated heterocycles. The first-order valence-electron chi connectivity index (χ1n) is 4.56. The van der Waals surface area contributed by atoms with Crippen LogP contribution in [0.5, 0.6) is 0 Å². The topological polar surface area (TPSA) is 99.8 Å². The molecule has 1 rings (SSSR count). The van der Waals surface area contributed by atoms with Crippen LogP contribution in [0.3, 0.4) is 0 Å². The summed E-state index contributed by atoms with van der Waals surface area (Å²) < 4.78 is 1.02. The normalized spacial score (nSPS) is 9.25. The van der Waals surface area contributed by atoms with E-state index in [1.54, 1.807) is 13.1 Å². The Hall–Kier alpha value is -2.36. The van der Waals surface area contributed by atoms with E-state index < -0.39 is 5.91 Å². The molecule has 0 aliphatic carbocycles. The summed E-state index contributed by atoms with van der Waals surface area (Å²) in [5.74, 6) is -0.423. The van der Waals surface area contributed by atoms with Crippen LogP contribution >= 0.6 is 0 Å². The van der Waals surface area contributed by atoms with Crippen LogP contribution in [0.25, 0.3) is 0 Å². The largest absolute Gasteiger partial charge is 0.387 e. The van der Waals surface area contributed by atoms with Crippen LogP contribution in [0.15, 0.2) is 17.1 Å². The van der Waals surface area contributed by atoms with Crippen LogP contribution in [-0.4, -0.2) is 29.3 Å². The summed E-state index contributed by atoms with van der Waals surface area (Å²) in [6, 6.07) is 3.11. The standard InChI is InChI=1S/C9H11N5O2/c1-11-7-4-9(16)14(13-5-7)6-8(15)12-3-2-10/h4-5,11H,3,6H2,1H3,(H,12,15). The highest BCUT2D eigenvalue weighted by Crippen LogP contribution is 1.96. The number of hydrogen-bond acceptors (Lipinski definition) is 5. The molecule has 1 amide bonds. The third-order valence-corrected chi connectivity index (χ3v) is 1.82. The Bertz CT molecular complexity index is 474. The van der Waals surface area contributed by atoms with Crippen molar-refractivity contribution >= 4 is 11.6 Å². The fourth-order valence-electron chi connectivity index (χ4n) is 1.02. The Labute approximate surface area is 91.7 Å². The molecule has 1 heterocycles. The molecule has 0 aliphatic heterocycles. The van der Waals surface area contributed by atoms with Gasteiger partial charge < -0.3 is 10.6 Å². The molecule has 0 radical (unpaired) electrons. The molecule has 7 nitrogen and oxygen atoms in total. The van der Waals surface area contributed by atoms with E-state index in [1.807, 2.05) is 0 Å². The summed E-state index contributed by atoms with van der Waals surface area (Å²) in [7, 11) is 1.67. The molecule has 16 heavy (non-hydrogen) atoms. The lowest BCUT2D eigenvalue weighted by Gasteiger charge is -2.04. The van der Waals surface area contributed by atoms with E-state index in [-0.39, 0.29) is 18.6 Å². The number of anilines is 1. The molecular formula is C9H11N5O2. The minimum absolute atomic E-state index is 0.0812. The van der Waals surface area contributed by atoms with Crippen molar-refractivity contribution in [3.05, 3.63) is 22.6 Å². The van der Waals surface area contributed by atoms with Gasteiger partial charge in [-0.3, -0.25) is 9.59 Å². The molecular weight excluding hydrogens is 210 g/mol. The monoisotopic (exact) mass is 221 g/mol. The summed E-state index contributed by atoms with van der Waals surface area (Å²) in [5, 5.41) is 17.1. The maximum absolute atomic E-state index is 11.4. The van der Waals surface area contributed by atoms with Gasteiger partial charge in [0.05, 0.1) is 18.0 Å². The first-order chi connectivity index (χ1) is 7.67. The molecule has 0 bridgehead atoms. The van der Waals surface area contributed by atoms with Gasteiger partial charge in [0.1, 0.15) is 13.1 Å². The van der Waals surface area contributed by atoms with Gasteiger partial charge in [-0.25, -0.2) is 4.68 Å². The van der Waals surface area contributed by atoms with Crippen molar-refractivity contribution in [3.63, 3.8) is 0 Å². The van der Waals surface area contributed by atoms with Gasteiger partial charge >= 0.3 is 0 Å². The van der Waals surface area contributed by atoms with E-state index in [4.69, 9.17) is 5.26 Å². The number of aromatic nitrogens is 2. The molecule has 1 aromatic rings. The molecule has 7 heteroatoms. The summed E-state index contributed by atoms with van der Waals surface area (Å²) >= 11 is 0. The smallest absolute Gasteiger partial charge is 0.269 e. The van der Waals surface area contributed by atoms with E-state index in [1.165, 1.54) is 12.3 Å². The first-order valence-corrected chi connectivity index (χ1v) is 4.56. The van der Waals surface area contributed by atoms with Crippen LogP contribution in [0.1, 0.15) is 0 Å². The van der Waals surface area contributed by atoms with Gasteiger partial charge in [0, 0.05) is 13.1 Å². The molecule has 0 fully saturated rings. The molecule has 2 N–H and O–H groups in total. The first kappa shape index (κ1) is 11.7. The average Bonchev–Trinajstić information content (AvgIpc) is 2.29. The predicted molar refractivity (Wildman–Crippen MR) is 56.7 cm³/mol. The van der Waals surface area contributed by atoms with Gasteiger partial charge in [-0.15, -0.1) is 0 Å². The van der Waals surface area contributed by atoms with Crippen molar-refractivity contribution in [2.24, 2.45) is 0 Å². The van der Waals surface area contributed by atoms with Crippen molar-refractivity contribution < 1.29 is 4.79 Å². The van der Waals surface area contributed by atoms with Gasteiger partial charge in [0.2, 0.25) is 5.91 Å². The second-order valence-electron chi connectivity index (χ2n) is 2.92. The predicted octanol–water partition coefficient (Wildman–Crippen LogP) is -1.08. The minimum Gasteiger partial charge on any atom is -0.387 e. The number of nitrogens with zero attached hydrogens (tertiary/aromatic N) is 3. The molecule has 0 saturated carbocycles. The lowest BCUT2D eigenvalue weighted by molar-refractivity contribution is -0.121. The molecule has 0 aliphatic rings. The number of rotatable bonds is 4. The molecule has 0 unspecified atom stereocenters. The van der Waals surface area contributed by atoms with Crippen LogP contribution in [0.4, 0.5) is 5.69 Å². The average molecular weight is 221 g/mol. The second kappa shape index (κ2) is 5.50. The Morgan fingerprint density at radius 2 is 2.44 bits per heavy atom. The number of carbonyl (C=O) groups excluding carboxylic acids is 1. The lowest BCUT2D eigenvalue weighted by Crippen LogP contribution is -2.33. The maximum atomic E-state index is 11.4. The van der Waals surface area contributed by atoms with E-state index in [0.717, 1.165) is 4.68 Å². The molecule has 84 valence electrons. The zero-order valence-electron chi connectivity index (χ0n) is 8.73. The highest BCUT2D eigenvalue weighted by molar-refractivity contribution is 5.75. The summed E-state index contributed by atoms with van der Waals surface area (Å²) in [5.41, 5.74) is 0.206. The van der Waals surface area contributed by atoms with Crippen LogP contribution < -0.4 is 16.2 Å². The minimum atomic E-state index is -0.423. The van der Waals surface area contributed by atoms with Crippen molar-refractivity contribution in [3.8, 4) is 6.07 Å². The lowest BCUT2D eigenvalue weighted by atomic mass is 10.4. The fourth-order valence-corrected chi connectivity index (χ4v) is 1.02. The Morgan fingerprint density at radius 3 is 3.00 bits per heavy atom. The van der Waals surface area contributed by atoms with Crippen LogP contribution in [-0.2, 0) is 11.3 Å². The van der Waals surface area contributed by atoms with Gasteiger partial charge in [0.25, 0.3) is 5.56 Å². The Kier molecular flexibility index (Phi) is 4.03. The Balaban J connectivity index is 2.72. The second-order valence-corrected chi connectivity index (χ2v) is 2.92. The Morgan fingerprint density at radius 1 is 1.69 bits per heavy atom. The molecule has 0 aromatic carbocycles. The van der Waals surface area contributed by atoms with E-state index in [0.29, 0.717) is 5.69 Å². The van der Waals surface area contributed by atoms with Gasteiger partial charge in [-0.1, -0.05) is 0 Å². The quantitative estimate of drug-likeness (QED) is 0.630. The highest BCUT2D eigenvalue weighted by Gasteiger charge is 2.04. The van der Waals surface area contributed by atoms with Crippen LogP contribution in [0, 0.1) is 11.3 Å². The van der Waals surface area contributed by atoms with Gasteiger partial charge in [-0.05, 0) is 0 Å². The van der Waals surface area contributed by atoms with E-state index >= 15 is 0 Å². The molecule has 1 aromatic heterocycles. The molecule has 0 spiro atoms. The fraction of sp³-hybridized carbons (Fsp3) is 0.333. The van der Waals surface area contributed by atoms with Crippen LogP contribution in [0.2, 0.25) is 0 Å². The number of carbonyl (C=O) groups is 1. The SMILES string of the molecule is CNc1cnn(CC(=O)NCC#N)c(=O)c1. The summed E-state index contributed by atoms with van der Waals surface area (Å²) in [6.07, 6.45) is 1.44. The summed E-state index contributed by atoms with van der Waals surface area (Å²) in [6.45, 7) is -0.271. The third kappa shape index (κ3) is 3.09.